The topological polar surface area (TPSA) is 82.6 Å². The number of aliphatic imine (C=N–C) groups is 1. The van der Waals surface area contributed by atoms with E-state index in [1.54, 1.807) is 49.1 Å². The summed E-state index contributed by atoms with van der Waals surface area (Å²) in [7, 11) is -1.77. The molecule has 138 valence electrons. The van der Waals surface area contributed by atoms with Gasteiger partial charge in [0.2, 0.25) is 10.0 Å². The van der Waals surface area contributed by atoms with Gasteiger partial charge in [-0.15, -0.1) is 24.0 Å². The fourth-order valence-corrected chi connectivity index (χ4v) is 2.91. The van der Waals surface area contributed by atoms with E-state index in [2.05, 4.69) is 40.5 Å². The van der Waals surface area contributed by atoms with E-state index in [0.717, 1.165) is 6.54 Å². The lowest BCUT2D eigenvalue weighted by Crippen LogP contribution is -2.45. The van der Waals surface area contributed by atoms with Crippen molar-refractivity contribution in [3.8, 4) is 0 Å². The smallest absolute Gasteiger partial charge is 0.240 e. The maximum absolute atomic E-state index is 12.1. The molecule has 0 unspecified atom stereocenters. The lowest BCUT2D eigenvalue weighted by Gasteiger charge is -2.23. The summed E-state index contributed by atoms with van der Waals surface area (Å²) in [6.45, 7) is 5.79. The highest BCUT2D eigenvalue weighted by Crippen LogP contribution is 2.19. The quantitative estimate of drug-likeness (QED) is 0.226. The molecule has 0 aliphatic carbocycles. The average molecular weight is 486 g/mol. The van der Waals surface area contributed by atoms with Gasteiger partial charge in [0.25, 0.3) is 0 Å². The molecule has 3 N–H and O–H groups in total. The molecule has 1 aromatic rings. The second-order valence-electron chi connectivity index (χ2n) is 5.53. The van der Waals surface area contributed by atoms with Crippen molar-refractivity contribution in [1.29, 1.82) is 0 Å². The lowest BCUT2D eigenvalue weighted by molar-refractivity contribution is 0.580. The van der Waals surface area contributed by atoms with Crippen molar-refractivity contribution in [1.82, 2.24) is 15.4 Å². The van der Waals surface area contributed by atoms with Gasteiger partial charge in [-0.05, 0) is 32.2 Å². The second kappa shape index (κ2) is 11.2. The first-order chi connectivity index (χ1) is 10.8. The summed E-state index contributed by atoms with van der Waals surface area (Å²) >= 11 is 1.77. The molecule has 9 heteroatoms. The second-order valence-corrected chi connectivity index (χ2v) is 8.81. The standard InChI is InChI=1S/C15H26N4O2S2.HI/c1-15(2,22-4)12-18-14(16-3)17-10-11-19-23(20,21)13-8-6-5-7-9-13;/h5-9,19H,10-12H2,1-4H3,(H2,16,17,18);1H. The van der Waals surface area contributed by atoms with E-state index in [-0.39, 0.29) is 40.2 Å². The zero-order valence-electron chi connectivity index (χ0n) is 14.5. The van der Waals surface area contributed by atoms with Crippen LogP contribution in [0.3, 0.4) is 0 Å². The van der Waals surface area contributed by atoms with E-state index >= 15 is 0 Å². The first-order valence-electron chi connectivity index (χ1n) is 7.35. The minimum Gasteiger partial charge on any atom is -0.355 e. The first-order valence-corrected chi connectivity index (χ1v) is 10.1. The fourth-order valence-electron chi connectivity index (χ4n) is 1.64. The molecule has 0 radical (unpaired) electrons. The van der Waals surface area contributed by atoms with Gasteiger partial charge in [-0.2, -0.15) is 11.8 Å². The minimum absolute atomic E-state index is 0. The Hall–Kier alpha value is -0.520. The van der Waals surface area contributed by atoms with Crippen molar-refractivity contribution in [2.75, 3.05) is 32.9 Å². The Kier molecular flexibility index (Phi) is 10.9. The Morgan fingerprint density at radius 2 is 1.79 bits per heavy atom. The third-order valence-electron chi connectivity index (χ3n) is 3.22. The maximum atomic E-state index is 12.1. The molecule has 0 saturated carbocycles. The number of hydrogen-bond donors (Lipinski definition) is 3. The maximum Gasteiger partial charge on any atom is 0.240 e. The molecule has 0 heterocycles. The van der Waals surface area contributed by atoms with Crippen molar-refractivity contribution in [2.24, 2.45) is 4.99 Å². The number of guanidine groups is 1. The third-order valence-corrected chi connectivity index (χ3v) is 5.95. The molecule has 0 amide bonds. The Labute approximate surface area is 166 Å². The van der Waals surface area contributed by atoms with Gasteiger partial charge in [-0.25, -0.2) is 13.1 Å². The number of nitrogens with one attached hydrogen (secondary N) is 3. The van der Waals surface area contributed by atoms with Crippen LogP contribution in [-0.2, 0) is 10.0 Å². The van der Waals surface area contributed by atoms with E-state index in [0.29, 0.717) is 12.5 Å². The molecular weight excluding hydrogens is 459 g/mol. The van der Waals surface area contributed by atoms with Gasteiger partial charge in [-0.1, -0.05) is 18.2 Å². The van der Waals surface area contributed by atoms with Crippen molar-refractivity contribution < 1.29 is 8.42 Å². The van der Waals surface area contributed by atoms with Crippen LogP contribution in [0.1, 0.15) is 13.8 Å². The first kappa shape index (κ1) is 23.5. The normalized spacial score (nSPS) is 12.4. The molecule has 0 bridgehead atoms. The molecule has 0 fully saturated rings. The molecule has 6 nitrogen and oxygen atoms in total. The van der Waals surface area contributed by atoms with Crippen LogP contribution in [0, 0.1) is 0 Å². The molecule has 24 heavy (non-hydrogen) atoms. The predicted octanol–water partition coefficient (Wildman–Crippen LogP) is 1.89. The van der Waals surface area contributed by atoms with Gasteiger partial charge in [0.15, 0.2) is 5.96 Å². The lowest BCUT2D eigenvalue weighted by atomic mass is 10.2. The molecule has 0 aromatic heterocycles. The highest BCUT2D eigenvalue weighted by molar-refractivity contribution is 14.0. The van der Waals surface area contributed by atoms with Crippen LogP contribution in [0.5, 0.6) is 0 Å². The zero-order valence-corrected chi connectivity index (χ0v) is 18.5. The van der Waals surface area contributed by atoms with Crippen LogP contribution in [0.4, 0.5) is 0 Å². The summed E-state index contributed by atoms with van der Waals surface area (Å²) in [6, 6.07) is 8.33. The molecule has 0 atom stereocenters. The van der Waals surface area contributed by atoms with Crippen LogP contribution >= 0.6 is 35.7 Å². The SMILES string of the molecule is CN=C(NCCNS(=O)(=O)c1ccccc1)NCC(C)(C)SC.I. The number of hydrogen-bond acceptors (Lipinski definition) is 4. The Balaban J connectivity index is 0.00000529. The number of nitrogens with zero attached hydrogens (tertiary/aromatic N) is 1. The van der Waals surface area contributed by atoms with Crippen LogP contribution < -0.4 is 15.4 Å². The van der Waals surface area contributed by atoms with E-state index in [9.17, 15) is 8.42 Å². The fraction of sp³-hybridized carbons (Fsp3) is 0.533. The Morgan fingerprint density at radius 1 is 1.17 bits per heavy atom. The molecule has 0 aliphatic heterocycles. The molecule has 1 rings (SSSR count). The Morgan fingerprint density at radius 3 is 2.33 bits per heavy atom. The minimum atomic E-state index is -3.46. The third kappa shape index (κ3) is 8.54. The van der Waals surface area contributed by atoms with E-state index < -0.39 is 10.0 Å². The molecule has 0 aliphatic rings. The van der Waals surface area contributed by atoms with Gasteiger partial charge >= 0.3 is 0 Å². The number of benzene rings is 1. The number of sulfonamides is 1. The van der Waals surface area contributed by atoms with Gasteiger partial charge in [0, 0.05) is 31.4 Å². The van der Waals surface area contributed by atoms with E-state index in [1.165, 1.54) is 0 Å². The molecule has 0 spiro atoms. The van der Waals surface area contributed by atoms with Crippen molar-refractivity contribution in [3.63, 3.8) is 0 Å². The van der Waals surface area contributed by atoms with E-state index in [4.69, 9.17) is 0 Å². The van der Waals surface area contributed by atoms with Crippen molar-refractivity contribution >= 4 is 51.7 Å². The number of halogens is 1. The summed E-state index contributed by atoms with van der Waals surface area (Å²) in [5, 5.41) is 6.32. The van der Waals surface area contributed by atoms with E-state index in [1.807, 2.05) is 0 Å². The average Bonchev–Trinajstić information content (AvgIpc) is 2.55. The van der Waals surface area contributed by atoms with Gasteiger partial charge in [-0.3, -0.25) is 4.99 Å². The van der Waals surface area contributed by atoms with Crippen LogP contribution in [-0.4, -0.2) is 52.1 Å². The highest BCUT2D eigenvalue weighted by atomic mass is 127. The van der Waals surface area contributed by atoms with Crippen molar-refractivity contribution in [2.45, 2.75) is 23.5 Å². The molecule has 1 aromatic carbocycles. The van der Waals surface area contributed by atoms with Crippen molar-refractivity contribution in [3.05, 3.63) is 30.3 Å². The molecular formula is C15H27IN4O2S2. The van der Waals surface area contributed by atoms with Crippen LogP contribution in [0.15, 0.2) is 40.2 Å². The monoisotopic (exact) mass is 486 g/mol. The predicted molar refractivity (Wildman–Crippen MR) is 114 cm³/mol. The van der Waals surface area contributed by atoms with Crippen LogP contribution in [0.25, 0.3) is 0 Å². The number of rotatable bonds is 8. The van der Waals surface area contributed by atoms with Crippen LogP contribution in [0.2, 0.25) is 0 Å². The number of thioether (sulfide) groups is 1. The summed E-state index contributed by atoms with van der Waals surface area (Å²) in [4.78, 5) is 4.39. The Bertz CT molecular complexity index is 607. The summed E-state index contributed by atoms with van der Waals surface area (Å²) < 4.78 is 26.8. The zero-order chi connectivity index (χ0) is 17.3. The molecule has 0 saturated heterocycles. The summed E-state index contributed by atoms with van der Waals surface area (Å²) in [5.74, 6) is 0.658. The highest BCUT2D eigenvalue weighted by Gasteiger charge is 2.16. The van der Waals surface area contributed by atoms with Gasteiger partial charge in [0.05, 0.1) is 4.90 Å². The van der Waals surface area contributed by atoms with Gasteiger partial charge < -0.3 is 10.6 Å². The van der Waals surface area contributed by atoms with Gasteiger partial charge in [0.1, 0.15) is 0 Å². The largest absolute Gasteiger partial charge is 0.355 e. The summed E-state index contributed by atoms with van der Waals surface area (Å²) in [6.07, 6.45) is 2.07. The summed E-state index contributed by atoms with van der Waals surface area (Å²) in [5.41, 5.74) is 0.